The molecule has 1 unspecified atom stereocenters. The molecule has 0 bridgehead atoms. The number of ether oxygens (including phenoxy) is 1. The Hall–Kier alpha value is -1.02. The molecule has 1 atom stereocenters. The van der Waals surface area contributed by atoms with Gasteiger partial charge in [0.1, 0.15) is 5.82 Å². The molecule has 0 aliphatic carbocycles. The van der Waals surface area contributed by atoms with E-state index >= 15 is 0 Å². The van der Waals surface area contributed by atoms with E-state index in [1.165, 1.54) is 16.4 Å². The number of benzene rings is 1. The fraction of sp³-hybridized carbons (Fsp3) is 0.455. The average molecular weight is 274 g/mol. The van der Waals surface area contributed by atoms with Crippen LogP contribution in [-0.4, -0.2) is 38.6 Å². The molecule has 1 aliphatic rings. The maximum atomic E-state index is 13.0. The monoisotopic (exact) mass is 274 g/mol. The molecule has 7 heteroatoms. The molecule has 1 aliphatic heterocycles. The van der Waals surface area contributed by atoms with Gasteiger partial charge in [0, 0.05) is 6.54 Å². The van der Waals surface area contributed by atoms with Gasteiger partial charge in [0.15, 0.2) is 0 Å². The number of morpholine rings is 1. The number of sulfonamides is 1. The topological polar surface area (TPSA) is 72.6 Å². The molecule has 1 saturated heterocycles. The molecular weight excluding hydrogens is 259 g/mol. The van der Waals surface area contributed by atoms with E-state index in [1.807, 2.05) is 0 Å². The summed E-state index contributed by atoms with van der Waals surface area (Å²) in [6, 6.07) is 3.59. The Bertz CT molecular complexity index is 547. The van der Waals surface area contributed by atoms with E-state index in [9.17, 15) is 12.8 Å². The third-order valence-corrected chi connectivity index (χ3v) is 4.92. The van der Waals surface area contributed by atoms with Crippen LogP contribution in [0.15, 0.2) is 23.1 Å². The third kappa shape index (κ3) is 2.39. The molecule has 1 aromatic carbocycles. The molecule has 0 aromatic heterocycles. The maximum absolute atomic E-state index is 13.0. The highest BCUT2D eigenvalue weighted by atomic mass is 32.2. The van der Waals surface area contributed by atoms with Crippen molar-refractivity contribution in [1.29, 1.82) is 0 Å². The van der Waals surface area contributed by atoms with Gasteiger partial charge in [-0.15, -0.1) is 0 Å². The average Bonchev–Trinajstić information content (AvgIpc) is 2.28. The van der Waals surface area contributed by atoms with Crippen LogP contribution in [0.25, 0.3) is 0 Å². The lowest BCUT2D eigenvalue weighted by Crippen LogP contribution is -2.53. The minimum atomic E-state index is -3.70. The molecule has 1 aromatic rings. The number of hydrogen-bond donors (Lipinski definition) is 1. The second-order valence-corrected chi connectivity index (χ2v) is 6.03. The van der Waals surface area contributed by atoms with Crippen LogP contribution in [0.4, 0.5) is 4.39 Å². The van der Waals surface area contributed by atoms with Crippen LogP contribution in [-0.2, 0) is 14.8 Å². The lowest BCUT2D eigenvalue weighted by molar-refractivity contribution is 0.0350. The zero-order chi connectivity index (χ0) is 13.3. The Labute approximate surface area is 105 Å². The maximum Gasteiger partial charge on any atom is 0.244 e. The molecule has 18 heavy (non-hydrogen) atoms. The Morgan fingerprint density at radius 2 is 2.22 bits per heavy atom. The van der Waals surface area contributed by atoms with Gasteiger partial charge in [-0.2, -0.15) is 4.31 Å². The number of hydrogen-bond acceptors (Lipinski definition) is 4. The summed E-state index contributed by atoms with van der Waals surface area (Å²) in [5.74, 6) is -0.460. The quantitative estimate of drug-likeness (QED) is 0.849. The van der Waals surface area contributed by atoms with Crippen LogP contribution in [0.5, 0.6) is 0 Å². The highest BCUT2D eigenvalue weighted by Crippen LogP contribution is 2.22. The summed E-state index contributed by atoms with van der Waals surface area (Å²) in [6.07, 6.45) is -0.701. The van der Waals surface area contributed by atoms with Crippen LogP contribution in [0.3, 0.4) is 0 Å². The first-order valence-corrected chi connectivity index (χ1v) is 6.98. The van der Waals surface area contributed by atoms with Crippen LogP contribution in [0.1, 0.15) is 5.56 Å². The molecule has 0 spiro atoms. The first-order chi connectivity index (χ1) is 8.43. The molecule has 100 valence electrons. The summed E-state index contributed by atoms with van der Waals surface area (Å²) in [5, 5.41) is 0. The van der Waals surface area contributed by atoms with E-state index in [0.29, 0.717) is 12.2 Å². The van der Waals surface area contributed by atoms with Crippen molar-refractivity contribution in [3.8, 4) is 0 Å². The van der Waals surface area contributed by atoms with Gasteiger partial charge in [0.05, 0.1) is 24.3 Å². The Morgan fingerprint density at radius 3 is 2.83 bits per heavy atom. The minimum absolute atomic E-state index is 0.0845. The third-order valence-electron chi connectivity index (χ3n) is 2.84. The van der Waals surface area contributed by atoms with Gasteiger partial charge in [-0.25, -0.2) is 12.8 Å². The second kappa shape index (κ2) is 4.93. The van der Waals surface area contributed by atoms with Gasteiger partial charge < -0.3 is 10.5 Å². The summed E-state index contributed by atoms with van der Waals surface area (Å²) >= 11 is 0. The van der Waals surface area contributed by atoms with E-state index in [2.05, 4.69) is 0 Å². The molecule has 1 heterocycles. The molecular formula is C11H15FN2O3S. The van der Waals surface area contributed by atoms with E-state index in [1.54, 1.807) is 6.92 Å². The van der Waals surface area contributed by atoms with Crippen molar-refractivity contribution in [3.63, 3.8) is 0 Å². The van der Waals surface area contributed by atoms with Crippen LogP contribution >= 0.6 is 0 Å². The Kier molecular flexibility index (Phi) is 3.67. The van der Waals surface area contributed by atoms with Crippen molar-refractivity contribution in [2.75, 3.05) is 19.8 Å². The smallest absolute Gasteiger partial charge is 0.244 e. The van der Waals surface area contributed by atoms with Crippen molar-refractivity contribution in [1.82, 2.24) is 4.31 Å². The second-order valence-electron chi connectivity index (χ2n) is 4.17. The van der Waals surface area contributed by atoms with Crippen LogP contribution < -0.4 is 5.73 Å². The zero-order valence-corrected chi connectivity index (χ0v) is 10.8. The van der Waals surface area contributed by atoms with Crippen molar-refractivity contribution >= 4 is 10.0 Å². The van der Waals surface area contributed by atoms with Gasteiger partial charge in [0.25, 0.3) is 0 Å². The summed E-state index contributed by atoms with van der Waals surface area (Å²) in [6.45, 7) is 2.24. The first kappa shape index (κ1) is 13.4. The summed E-state index contributed by atoms with van der Waals surface area (Å²) < 4.78 is 44.1. The summed E-state index contributed by atoms with van der Waals surface area (Å²) in [7, 11) is -3.70. The standard InChI is InChI=1S/C11H15FN2O3S/c1-8-6-9(12)2-3-10(8)18(15,16)14-4-5-17-7-11(14)13/h2-3,6,11H,4-5,7,13H2,1H3. The van der Waals surface area contributed by atoms with Crippen molar-refractivity contribution in [2.45, 2.75) is 18.0 Å². The van der Waals surface area contributed by atoms with Crippen LogP contribution in [0.2, 0.25) is 0 Å². The van der Waals surface area contributed by atoms with Crippen LogP contribution in [0, 0.1) is 12.7 Å². The number of nitrogens with zero attached hydrogens (tertiary/aromatic N) is 1. The van der Waals surface area contributed by atoms with Gasteiger partial charge in [-0.1, -0.05) is 0 Å². The molecule has 0 saturated carbocycles. The predicted molar refractivity (Wildman–Crippen MR) is 63.8 cm³/mol. The zero-order valence-electron chi connectivity index (χ0n) is 9.97. The van der Waals surface area contributed by atoms with Crippen molar-refractivity contribution in [3.05, 3.63) is 29.6 Å². The number of aryl methyl sites for hydroxylation is 1. The molecule has 2 rings (SSSR count). The number of halogens is 1. The molecule has 5 nitrogen and oxygen atoms in total. The van der Waals surface area contributed by atoms with E-state index < -0.39 is 22.0 Å². The SMILES string of the molecule is Cc1cc(F)ccc1S(=O)(=O)N1CCOCC1N. The fourth-order valence-electron chi connectivity index (χ4n) is 1.93. The highest BCUT2D eigenvalue weighted by molar-refractivity contribution is 7.89. The molecule has 0 amide bonds. The van der Waals surface area contributed by atoms with E-state index in [-0.39, 0.29) is 18.0 Å². The summed E-state index contributed by atoms with van der Waals surface area (Å²) in [5.41, 5.74) is 6.10. The van der Waals surface area contributed by atoms with Gasteiger partial charge in [0.2, 0.25) is 10.0 Å². The van der Waals surface area contributed by atoms with Gasteiger partial charge >= 0.3 is 0 Å². The first-order valence-electron chi connectivity index (χ1n) is 5.54. The Balaban J connectivity index is 2.41. The number of nitrogens with two attached hydrogens (primary N) is 1. The van der Waals surface area contributed by atoms with Gasteiger partial charge in [-0.3, -0.25) is 0 Å². The number of rotatable bonds is 2. The minimum Gasteiger partial charge on any atom is -0.377 e. The summed E-state index contributed by atoms with van der Waals surface area (Å²) in [4.78, 5) is 0.0845. The van der Waals surface area contributed by atoms with Crippen molar-refractivity contribution < 1.29 is 17.5 Å². The molecule has 1 fully saturated rings. The van der Waals surface area contributed by atoms with Crippen molar-refractivity contribution in [2.24, 2.45) is 5.73 Å². The highest BCUT2D eigenvalue weighted by Gasteiger charge is 2.32. The van der Waals surface area contributed by atoms with E-state index in [4.69, 9.17) is 10.5 Å². The van der Waals surface area contributed by atoms with E-state index in [0.717, 1.165) is 6.07 Å². The predicted octanol–water partition coefficient (Wildman–Crippen LogP) is 0.440. The molecule has 2 N–H and O–H groups in total. The van der Waals surface area contributed by atoms with Gasteiger partial charge in [-0.05, 0) is 30.7 Å². The molecule has 0 radical (unpaired) electrons. The Morgan fingerprint density at radius 1 is 1.50 bits per heavy atom. The fourth-order valence-corrected chi connectivity index (χ4v) is 3.63. The lowest BCUT2D eigenvalue weighted by Gasteiger charge is -2.32. The largest absolute Gasteiger partial charge is 0.377 e. The lowest BCUT2D eigenvalue weighted by atomic mass is 10.2. The normalized spacial score (nSPS) is 22.1.